The van der Waals surface area contributed by atoms with E-state index in [2.05, 4.69) is 5.32 Å². The van der Waals surface area contributed by atoms with Gasteiger partial charge in [0.1, 0.15) is 5.75 Å². The van der Waals surface area contributed by atoms with Crippen LogP contribution in [0.1, 0.15) is 12.0 Å². The summed E-state index contributed by atoms with van der Waals surface area (Å²) >= 11 is 0. The molecule has 4 heteroatoms. The van der Waals surface area contributed by atoms with E-state index in [4.69, 9.17) is 4.74 Å². The van der Waals surface area contributed by atoms with E-state index in [-0.39, 0.29) is 5.91 Å². The average molecular weight is 232 g/mol. The number of carbonyl (C=O) groups excluding carboxylic acids is 1. The zero-order chi connectivity index (χ0) is 11.8. The number of anilines is 1. The van der Waals surface area contributed by atoms with Crippen molar-refractivity contribution in [2.75, 3.05) is 25.1 Å². The third-order valence-corrected chi connectivity index (χ3v) is 3.56. The summed E-state index contributed by atoms with van der Waals surface area (Å²) in [4.78, 5) is 14.0. The number of ether oxygens (including phenoxy) is 1. The van der Waals surface area contributed by atoms with Gasteiger partial charge in [-0.25, -0.2) is 0 Å². The van der Waals surface area contributed by atoms with E-state index < -0.39 is 0 Å². The van der Waals surface area contributed by atoms with Crippen LogP contribution in [0, 0.1) is 0 Å². The van der Waals surface area contributed by atoms with Gasteiger partial charge in [0.25, 0.3) is 0 Å². The Morgan fingerprint density at radius 1 is 1.47 bits per heavy atom. The van der Waals surface area contributed by atoms with Crippen LogP contribution in [-0.4, -0.2) is 32.1 Å². The highest BCUT2D eigenvalue weighted by Gasteiger charge is 2.34. The van der Waals surface area contributed by atoms with Gasteiger partial charge in [0.15, 0.2) is 0 Å². The molecule has 1 aromatic rings. The van der Waals surface area contributed by atoms with Gasteiger partial charge in [0.2, 0.25) is 5.91 Å². The second kappa shape index (κ2) is 4.04. The quantitative estimate of drug-likeness (QED) is 0.825. The molecule has 1 aromatic carbocycles. The number of carbonyl (C=O) groups is 1. The van der Waals surface area contributed by atoms with Gasteiger partial charge in [0.05, 0.1) is 25.3 Å². The summed E-state index contributed by atoms with van der Waals surface area (Å²) < 4.78 is 5.23. The van der Waals surface area contributed by atoms with Gasteiger partial charge in [-0.05, 0) is 24.6 Å². The molecule has 1 atom stereocenters. The minimum Gasteiger partial charge on any atom is -0.497 e. The minimum atomic E-state index is 0.210. The van der Waals surface area contributed by atoms with Gasteiger partial charge in [-0.2, -0.15) is 0 Å². The van der Waals surface area contributed by atoms with Gasteiger partial charge >= 0.3 is 0 Å². The molecule has 4 nitrogen and oxygen atoms in total. The summed E-state index contributed by atoms with van der Waals surface area (Å²) in [7, 11) is 1.65. The fourth-order valence-corrected chi connectivity index (χ4v) is 2.69. The van der Waals surface area contributed by atoms with E-state index in [0.29, 0.717) is 12.5 Å². The molecule has 0 aliphatic carbocycles. The SMILES string of the molecule is COc1ccc2c(c1)N([C@H]1CCNC1)C(=O)C2. The predicted molar refractivity (Wildman–Crippen MR) is 65.5 cm³/mol. The topological polar surface area (TPSA) is 41.6 Å². The van der Waals surface area contributed by atoms with Gasteiger partial charge in [-0.15, -0.1) is 0 Å². The fraction of sp³-hybridized carbons (Fsp3) is 0.462. The smallest absolute Gasteiger partial charge is 0.231 e. The average Bonchev–Trinajstić information content (AvgIpc) is 2.93. The van der Waals surface area contributed by atoms with E-state index in [1.165, 1.54) is 0 Å². The third-order valence-electron chi connectivity index (χ3n) is 3.56. The highest BCUT2D eigenvalue weighted by atomic mass is 16.5. The molecular formula is C13H16N2O2. The lowest BCUT2D eigenvalue weighted by Gasteiger charge is -2.24. The lowest BCUT2D eigenvalue weighted by Crippen LogP contribution is -2.39. The minimum absolute atomic E-state index is 0.210. The normalized spacial score (nSPS) is 23.0. The van der Waals surface area contributed by atoms with Crippen LogP contribution in [0.2, 0.25) is 0 Å². The van der Waals surface area contributed by atoms with Crippen molar-refractivity contribution in [2.24, 2.45) is 0 Å². The number of benzene rings is 1. The summed E-state index contributed by atoms with van der Waals surface area (Å²) in [6.07, 6.45) is 1.55. The Balaban J connectivity index is 1.98. The molecule has 1 saturated heterocycles. The van der Waals surface area contributed by atoms with Crippen LogP contribution in [0.5, 0.6) is 5.75 Å². The van der Waals surface area contributed by atoms with Gasteiger partial charge < -0.3 is 15.0 Å². The molecule has 0 radical (unpaired) electrons. The predicted octanol–water partition coefficient (Wildman–Crippen LogP) is 0.946. The monoisotopic (exact) mass is 232 g/mol. The molecule has 2 aliphatic rings. The molecule has 0 bridgehead atoms. The van der Waals surface area contributed by atoms with E-state index in [0.717, 1.165) is 36.5 Å². The summed E-state index contributed by atoms with van der Waals surface area (Å²) in [6, 6.07) is 6.19. The van der Waals surface area contributed by atoms with Gasteiger partial charge in [-0.3, -0.25) is 4.79 Å². The van der Waals surface area contributed by atoms with Crippen molar-refractivity contribution >= 4 is 11.6 Å². The zero-order valence-electron chi connectivity index (χ0n) is 9.90. The molecule has 17 heavy (non-hydrogen) atoms. The molecule has 1 amide bonds. The van der Waals surface area contributed by atoms with Crippen molar-refractivity contribution in [3.63, 3.8) is 0 Å². The lowest BCUT2D eigenvalue weighted by atomic mass is 10.1. The zero-order valence-corrected chi connectivity index (χ0v) is 9.90. The van der Waals surface area contributed by atoms with E-state index in [1.54, 1.807) is 7.11 Å². The number of nitrogens with one attached hydrogen (secondary N) is 1. The number of hydrogen-bond donors (Lipinski definition) is 1. The van der Waals surface area contributed by atoms with Crippen molar-refractivity contribution in [1.29, 1.82) is 0 Å². The van der Waals surface area contributed by atoms with Gasteiger partial charge in [0, 0.05) is 12.6 Å². The number of methoxy groups -OCH3 is 1. The molecule has 90 valence electrons. The van der Waals surface area contributed by atoms with Crippen molar-refractivity contribution in [3.05, 3.63) is 23.8 Å². The maximum absolute atomic E-state index is 12.1. The Hall–Kier alpha value is -1.55. The summed E-state index contributed by atoms with van der Waals surface area (Å²) in [5.41, 5.74) is 2.14. The Labute approximate surface area is 101 Å². The molecule has 1 N–H and O–H groups in total. The standard InChI is InChI=1S/C13H16N2O2/c1-17-11-3-2-9-6-13(16)15(12(9)7-11)10-4-5-14-8-10/h2-3,7,10,14H,4-6,8H2,1H3/t10-/m0/s1. The summed E-state index contributed by atoms with van der Waals surface area (Å²) in [5.74, 6) is 1.02. The maximum Gasteiger partial charge on any atom is 0.231 e. The van der Waals surface area contributed by atoms with E-state index in [9.17, 15) is 4.79 Å². The molecule has 2 heterocycles. The second-order valence-electron chi connectivity index (χ2n) is 4.58. The fourth-order valence-electron chi connectivity index (χ4n) is 2.69. The molecule has 0 saturated carbocycles. The molecule has 3 rings (SSSR count). The van der Waals surface area contributed by atoms with Crippen LogP contribution in [0.25, 0.3) is 0 Å². The number of rotatable bonds is 2. The summed E-state index contributed by atoms with van der Waals surface area (Å²) in [6.45, 7) is 1.89. The third kappa shape index (κ3) is 1.69. The summed E-state index contributed by atoms with van der Waals surface area (Å²) in [5, 5.41) is 3.30. The Morgan fingerprint density at radius 3 is 3.06 bits per heavy atom. The Bertz CT molecular complexity index is 453. The molecule has 0 unspecified atom stereocenters. The highest BCUT2D eigenvalue weighted by molar-refractivity contribution is 6.02. The first-order chi connectivity index (χ1) is 8.29. The van der Waals surface area contributed by atoms with Crippen LogP contribution in [0.4, 0.5) is 5.69 Å². The van der Waals surface area contributed by atoms with Crippen molar-refractivity contribution in [2.45, 2.75) is 18.9 Å². The molecule has 2 aliphatic heterocycles. The second-order valence-corrected chi connectivity index (χ2v) is 4.58. The number of nitrogens with zero attached hydrogens (tertiary/aromatic N) is 1. The lowest BCUT2D eigenvalue weighted by molar-refractivity contribution is -0.117. The Morgan fingerprint density at radius 2 is 2.35 bits per heavy atom. The maximum atomic E-state index is 12.1. The first-order valence-electron chi connectivity index (χ1n) is 5.99. The van der Waals surface area contributed by atoms with Crippen LogP contribution in [0.3, 0.4) is 0 Å². The first-order valence-corrected chi connectivity index (χ1v) is 5.99. The van der Waals surface area contributed by atoms with Crippen LogP contribution >= 0.6 is 0 Å². The van der Waals surface area contributed by atoms with Crippen LogP contribution < -0.4 is 15.0 Å². The molecule has 0 aromatic heterocycles. The Kier molecular flexibility index (Phi) is 2.52. The molecule has 1 fully saturated rings. The number of fused-ring (bicyclic) bond motifs is 1. The van der Waals surface area contributed by atoms with Crippen molar-refractivity contribution in [3.8, 4) is 5.75 Å². The van der Waals surface area contributed by atoms with Crippen LogP contribution in [0.15, 0.2) is 18.2 Å². The van der Waals surface area contributed by atoms with Gasteiger partial charge in [-0.1, -0.05) is 6.07 Å². The van der Waals surface area contributed by atoms with Crippen molar-refractivity contribution in [1.82, 2.24) is 5.32 Å². The van der Waals surface area contributed by atoms with Crippen LogP contribution in [-0.2, 0) is 11.2 Å². The largest absolute Gasteiger partial charge is 0.497 e. The number of amides is 1. The first kappa shape index (κ1) is 10.6. The highest BCUT2D eigenvalue weighted by Crippen LogP contribution is 2.34. The molecule has 0 spiro atoms. The van der Waals surface area contributed by atoms with E-state index in [1.807, 2.05) is 23.1 Å². The molecular weight excluding hydrogens is 216 g/mol. The number of hydrogen-bond acceptors (Lipinski definition) is 3. The van der Waals surface area contributed by atoms with E-state index >= 15 is 0 Å². The van der Waals surface area contributed by atoms with Crippen molar-refractivity contribution < 1.29 is 9.53 Å².